The van der Waals surface area contributed by atoms with Gasteiger partial charge in [0.25, 0.3) is 0 Å². The van der Waals surface area contributed by atoms with E-state index in [2.05, 4.69) is 13.8 Å². The van der Waals surface area contributed by atoms with Crippen molar-refractivity contribution < 1.29 is 14.6 Å². The van der Waals surface area contributed by atoms with Gasteiger partial charge in [0.2, 0.25) is 0 Å². The summed E-state index contributed by atoms with van der Waals surface area (Å²) in [5, 5.41) is 9.10. The van der Waals surface area contributed by atoms with Gasteiger partial charge in [-0.15, -0.1) is 0 Å². The lowest BCUT2D eigenvalue weighted by Gasteiger charge is -2.16. The van der Waals surface area contributed by atoms with Gasteiger partial charge in [0.1, 0.15) is 0 Å². The number of aliphatic carboxylic acids is 1. The molecule has 1 unspecified atom stereocenters. The zero-order chi connectivity index (χ0) is 13.7. The lowest BCUT2D eigenvalue weighted by atomic mass is 10.00. The standard InChI is InChI=1S/C15H22O3/c1-10(2)13-7-5-12(6-8-13)9-14(15(16)17)18-11(3)4/h5-8,10-11,14H,9H2,1-4H3,(H,16,17). The topological polar surface area (TPSA) is 46.5 Å². The highest BCUT2D eigenvalue weighted by Crippen LogP contribution is 2.16. The van der Waals surface area contributed by atoms with Gasteiger partial charge >= 0.3 is 5.97 Å². The van der Waals surface area contributed by atoms with Crippen molar-refractivity contribution in [3.63, 3.8) is 0 Å². The molecule has 1 atom stereocenters. The fourth-order valence-corrected chi connectivity index (χ4v) is 1.77. The Labute approximate surface area is 109 Å². The van der Waals surface area contributed by atoms with Gasteiger partial charge in [0.05, 0.1) is 6.10 Å². The van der Waals surface area contributed by atoms with Gasteiger partial charge in [-0.25, -0.2) is 4.79 Å². The summed E-state index contributed by atoms with van der Waals surface area (Å²) < 4.78 is 5.39. The first-order valence-corrected chi connectivity index (χ1v) is 6.37. The molecule has 1 N–H and O–H groups in total. The highest BCUT2D eigenvalue weighted by Gasteiger charge is 2.19. The molecule has 0 aromatic heterocycles. The molecule has 0 fully saturated rings. The van der Waals surface area contributed by atoms with Crippen molar-refractivity contribution in [2.45, 2.75) is 52.2 Å². The Morgan fingerprint density at radius 1 is 1.17 bits per heavy atom. The zero-order valence-electron chi connectivity index (χ0n) is 11.5. The first-order valence-electron chi connectivity index (χ1n) is 6.37. The molecule has 0 saturated heterocycles. The van der Waals surface area contributed by atoms with Gasteiger partial charge in [-0.3, -0.25) is 0 Å². The van der Waals surface area contributed by atoms with Crippen LogP contribution in [0.5, 0.6) is 0 Å². The molecule has 0 spiro atoms. The molecule has 1 aromatic rings. The maximum absolute atomic E-state index is 11.1. The van der Waals surface area contributed by atoms with Crippen LogP contribution in [-0.4, -0.2) is 23.3 Å². The van der Waals surface area contributed by atoms with E-state index in [-0.39, 0.29) is 6.10 Å². The van der Waals surface area contributed by atoms with Crippen LogP contribution in [0, 0.1) is 0 Å². The summed E-state index contributed by atoms with van der Waals surface area (Å²) >= 11 is 0. The highest BCUT2D eigenvalue weighted by molar-refractivity contribution is 5.72. The molecule has 1 rings (SSSR count). The van der Waals surface area contributed by atoms with Crippen LogP contribution in [0.4, 0.5) is 0 Å². The lowest BCUT2D eigenvalue weighted by Crippen LogP contribution is -2.29. The van der Waals surface area contributed by atoms with Crippen LogP contribution in [0.15, 0.2) is 24.3 Å². The quantitative estimate of drug-likeness (QED) is 0.843. The Bertz CT molecular complexity index is 379. The van der Waals surface area contributed by atoms with E-state index in [9.17, 15) is 4.79 Å². The molecule has 0 radical (unpaired) electrons. The number of benzene rings is 1. The molecular weight excluding hydrogens is 228 g/mol. The highest BCUT2D eigenvalue weighted by atomic mass is 16.5. The Hall–Kier alpha value is -1.35. The fourth-order valence-electron chi connectivity index (χ4n) is 1.77. The molecular formula is C15H22O3. The third-order valence-electron chi connectivity index (χ3n) is 2.78. The normalized spacial score (nSPS) is 13.0. The van der Waals surface area contributed by atoms with Gasteiger partial charge < -0.3 is 9.84 Å². The van der Waals surface area contributed by atoms with Crippen molar-refractivity contribution in [1.29, 1.82) is 0 Å². The van der Waals surface area contributed by atoms with Gasteiger partial charge in [-0.05, 0) is 30.9 Å². The molecule has 3 heteroatoms. The number of hydrogen-bond acceptors (Lipinski definition) is 2. The molecule has 1 aromatic carbocycles. The monoisotopic (exact) mass is 250 g/mol. The maximum Gasteiger partial charge on any atom is 0.333 e. The molecule has 3 nitrogen and oxygen atoms in total. The van der Waals surface area contributed by atoms with Crippen LogP contribution in [0.3, 0.4) is 0 Å². The number of carbonyl (C=O) groups is 1. The average Bonchev–Trinajstić information content (AvgIpc) is 2.28. The molecule has 18 heavy (non-hydrogen) atoms. The lowest BCUT2D eigenvalue weighted by molar-refractivity contribution is -0.153. The van der Waals surface area contributed by atoms with Crippen LogP contribution >= 0.6 is 0 Å². The summed E-state index contributed by atoms with van der Waals surface area (Å²) in [5.41, 5.74) is 2.25. The Kier molecular flexibility index (Phi) is 5.35. The molecule has 100 valence electrons. The minimum atomic E-state index is -0.906. The largest absolute Gasteiger partial charge is 0.479 e. The van der Waals surface area contributed by atoms with E-state index in [1.54, 1.807) is 0 Å². The number of rotatable bonds is 6. The summed E-state index contributed by atoms with van der Waals surface area (Å²) in [4.78, 5) is 11.1. The second kappa shape index (κ2) is 6.55. The average molecular weight is 250 g/mol. The fraction of sp³-hybridized carbons (Fsp3) is 0.533. The van der Waals surface area contributed by atoms with Crippen LogP contribution in [0.2, 0.25) is 0 Å². The van der Waals surface area contributed by atoms with Crippen molar-refractivity contribution in [1.82, 2.24) is 0 Å². The van der Waals surface area contributed by atoms with Crippen molar-refractivity contribution in [3.05, 3.63) is 35.4 Å². The molecule has 0 amide bonds. The van der Waals surface area contributed by atoms with Gasteiger partial charge in [0.15, 0.2) is 6.10 Å². The van der Waals surface area contributed by atoms with Gasteiger partial charge in [0, 0.05) is 6.42 Å². The van der Waals surface area contributed by atoms with Crippen molar-refractivity contribution in [3.8, 4) is 0 Å². The molecule has 0 bridgehead atoms. The SMILES string of the molecule is CC(C)OC(Cc1ccc(C(C)C)cc1)C(=O)O. The number of ether oxygens (including phenoxy) is 1. The smallest absolute Gasteiger partial charge is 0.333 e. The van der Waals surface area contributed by atoms with Gasteiger partial charge in [-0.1, -0.05) is 38.1 Å². The van der Waals surface area contributed by atoms with E-state index in [1.807, 2.05) is 38.1 Å². The van der Waals surface area contributed by atoms with E-state index in [0.717, 1.165) is 5.56 Å². The van der Waals surface area contributed by atoms with Crippen LogP contribution in [-0.2, 0) is 16.0 Å². The summed E-state index contributed by atoms with van der Waals surface area (Å²) in [6.07, 6.45) is -0.442. The van der Waals surface area contributed by atoms with E-state index in [0.29, 0.717) is 12.3 Å². The number of carboxylic acid groups (broad SMARTS) is 1. The van der Waals surface area contributed by atoms with E-state index in [1.165, 1.54) is 5.56 Å². The molecule has 0 aliphatic heterocycles. The Morgan fingerprint density at radius 3 is 2.11 bits per heavy atom. The van der Waals surface area contributed by atoms with Crippen LogP contribution in [0.25, 0.3) is 0 Å². The first-order chi connectivity index (χ1) is 8.40. The predicted molar refractivity (Wildman–Crippen MR) is 71.9 cm³/mol. The number of carboxylic acids is 1. The van der Waals surface area contributed by atoms with Crippen LogP contribution < -0.4 is 0 Å². The third-order valence-corrected chi connectivity index (χ3v) is 2.78. The third kappa shape index (κ3) is 4.49. The van der Waals surface area contributed by atoms with E-state index >= 15 is 0 Å². The molecule has 0 aliphatic rings. The summed E-state index contributed by atoms with van der Waals surface area (Å²) in [5.74, 6) is -0.419. The molecule has 0 heterocycles. The van der Waals surface area contributed by atoms with Crippen molar-refractivity contribution in [2.75, 3.05) is 0 Å². The number of hydrogen-bond donors (Lipinski definition) is 1. The van der Waals surface area contributed by atoms with Crippen LogP contribution in [0.1, 0.15) is 44.7 Å². The zero-order valence-corrected chi connectivity index (χ0v) is 11.5. The minimum Gasteiger partial charge on any atom is -0.479 e. The summed E-state index contributed by atoms with van der Waals surface area (Å²) in [7, 11) is 0. The second-order valence-corrected chi connectivity index (χ2v) is 5.11. The first kappa shape index (κ1) is 14.7. The minimum absolute atomic E-state index is 0.0824. The summed E-state index contributed by atoms with van der Waals surface area (Å²) in [6, 6.07) is 8.06. The Balaban J connectivity index is 2.72. The molecule has 0 aliphatic carbocycles. The van der Waals surface area contributed by atoms with Crippen molar-refractivity contribution >= 4 is 5.97 Å². The van der Waals surface area contributed by atoms with Gasteiger partial charge in [-0.2, -0.15) is 0 Å². The predicted octanol–water partition coefficient (Wildman–Crippen LogP) is 3.23. The summed E-state index contributed by atoms with van der Waals surface area (Å²) in [6.45, 7) is 7.96. The van der Waals surface area contributed by atoms with E-state index in [4.69, 9.17) is 9.84 Å². The van der Waals surface area contributed by atoms with Crippen molar-refractivity contribution in [2.24, 2.45) is 0 Å². The molecule has 0 saturated carbocycles. The maximum atomic E-state index is 11.1. The Morgan fingerprint density at radius 2 is 1.72 bits per heavy atom. The second-order valence-electron chi connectivity index (χ2n) is 5.11. The van der Waals surface area contributed by atoms with E-state index < -0.39 is 12.1 Å².